The highest BCUT2D eigenvalue weighted by Gasteiger charge is 2.29. The summed E-state index contributed by atoms with van der Waals surface area (Å²) in [5.41, 5.74) is 0. The summed E-state index contributed by atoms with van der Waals surface area (Å²) in [5, 5.41) is 0. The van der Waals surface area contributed by atoms with E-state index in [1.807, 2.05) is 23.5 Å². The Bertz CT molecular complexity index is 88.5. The Kier molecular flexibility index (Phi) is 1.83. The number of thioether (sulfide) groups is 2. The smallest absolute Gasteiger partial charge is 0.0823 e. The molecule has 0 aliphatic carbocycles. The molecule has 1 saturated heterocycles. The lowest BCUT2D eigenvalue weighted by molar-refractivity contribution is 0.827. The van der Waals surface area contributed by atoms with Crippen LogP contribution < -0.4 is 0 Å². The van der Waals surface area contributed by atoms with Gasteiger partial charge in [0.15, 0.2) is 0 Å². The molecule has 8 heavy (non-hydrogen) atoms. The maximum atomic E-state index is 2.29. The summed E-state index contributed by atoms with van der Waals surface area (Å²) in [6, 6.07) is 0. The average Bonchev–Trinajstić information content (AvgIpc) is 1.82. The molecule has 1 aliphatic heterocycles. The van der Waals surface area contributed by atoms with Crippen LogP contribution in [-0.4, -0.2) is 10.5 Å². The van der Waals surface area contributed by atoms with Gasteiger partial charge in [-0.3, -0.25) is 0 Å². The molecule has 0 unspecified atom stereocenters. The minimum absolute atomic E-state index is 0.509. The van der Waals surface area contributed by atoms with Crippen molar-refractivity contribution in [3.63, 3.8) is 0 Å². The van der Waals surface area contributed by atoms with E-state index in [1.165, 1.54) is 10.3 Å². The molecule has 0 saturated carbocycles. The molecule has 0 amide bonds. The van der Waals surface area contributed by atoms with Crippen LogP contribution in [0.3, 0.4) is 0 Å². The molecule has 0 aromatic rings. The van der Waals surface area contributed by atoms with Crippen molar-refractivity contribution in [2.24, 2.45) is 0 Å². The Morgan fingerprint density at radius 2 is 2.12 bits per heavy atom. The molecular formula is C6H11S2. The van der Waals surface area contributed by atoms with E-state index in [0.717, 1.165) is 0 Å². The van der Waals surface area contributed by atoms with Gasteiger partial charge in [0.05, 0.1) is 4.58 Å². The van der Waals surface area contributed by atoms with Crippen molar-refractivity contribution in [2.75, 3.05) is 5.75 Å². The fourth-order valence-electron chi connectivity index (χ4n) is 0.723. The molecule has 2 heteroatoms. The third kappa shape index (κ3) is 1.59. The molecule has 0 aromatic carbocycles. The van der Waals surface area contributed by atoms with Crippen LogP contribution in [0.25, 0.3) is 0 Å². The molecule has 1 heterocycles. The van der Waals surface area contributed by atoms with Crippen molar-refractivity contribution < 1.29 is 0 Å². The van der Waals surface area contributed by atoms with Gasteiger partial charge in [0.25, 0.3) is 0 Å². The summed E-state index contributed by atoms with van der Waals surface area (Å²) in [6.45, 7) is 6.78. The van der Waals surface area contributed by atoms with Gasteiger partial charge in [-0.2, -0.15) is 0 Å². The van der Waals surface area contributed by atoms with Gasteiger partial charge >= 0.3 is 0 Å². The van der Waals surface area contributed by atoms with Crippen LogP contribution in [0, 0.1) is 4.58 Å². The summed E-state index contributed by atoms with van der Waals surface area (Å²) < 4.78 is 2.03. The maximum absolute atomic E-state index is 2.29. The summed E-state index contributed by atoms with van der Waals surface area (Å²) in [7, 11) is 0. The van der Waals surface area contributed by atoms with Gasteiger partial charge < -0.3 is 0 Å². The van der Waals surface area contributed by atoms with Crippen molar-refractivity contribution in [1.82, 2.24) is 0 Å². The lowest BCUT2D eigenvalue weighted by Gasteiger charge is -2.12. The van der Waals surface area contributed by atoms with Crippen molar-refractivity contribution in [1.29, 1.82) is 0 Å². The first kappa shape index (κ1) is 6.81. The van der Waals surface area contributed by atoms with Crippen molar-refractivity contribution in [2.45, 2.75) is 25.5 Å². The van der Waals surface area contributed by atoms with Gasteiger partial charge in [-0.15, -0.1) is 23.5 Å². The number of hydrogen-bond donors (Lipinski definition) is 0. The molecule has 0 aromatic heterocycles. The highest BCUT2D eigenvalue weighted by molar-refractivity contribution is 8.24. The van der Waals surface area contributed by atoms with Gasteiger partial charge in [-0.05, 0) is 20.8 Å². The average molecular weight is 147 g/mol. The quantitative estimate of drug-likeness (QED) is 0.517. The Balaban J connectivity index is 2.44. The van der Waals surface area contributed by atoms with Crippen LogP contribution in [0.5, 0.6) is 0 Å². The molecule has 1 fully saturated rings. The SMILES string of the molecule is C[C]1SCC(C)(C)S1. The van der Waals surface area contributed by atoms with E-state index in [1.54, 1.807) is 0 Å². The molecule has 1 radical (unpaired) electrons. The predicted molar refractivity (Wildman–Crippen MR) is 43.0 cm³/mol. The second kappa shape index (κ2) is 2.14. The molecular weight excluding hydrogens is 136 g/mol. The van der Waals surface area contributed by atoms with Crippen LogP contribution in [0.15, 0.2) is 0 Å². The van der Waals surface area contributed by atoms with E-state index in [2.05, 4.69) is 20.8 Å². The van der Waals surface area contributed by atoms with Crippen LogP contribution in [0.2, 0.25) is 0 Å². The summed E-state index contributed by atoms with van der Waals surface area (Å²) in [5.74, 6) is 1.28. The van der Waals surface area contributed by atoms with Gasteiger partial charge in [0.1, 0.15) is 0 Å². The van der Waals surface area contributed by atoms with Crippen molar-refractivity contribution in [3.8, 4) is 0 Å². The molecule has 0 N–H and O–H groups in total. The van der Waals surface area contributed by atoms with Crippen LogP contribution in [0.4, 0.5) is 0 Å². The van der Waals surface area contributed by atoms with Crippen LogP contribution in [-0.2, 0) is 0 Å². The molecule has 0 atom stereocenters. The van der Waals surface area contributed by atoms with E-state index in [4.69, 9.17) is 0 Å². The zero-order chi connectivity index (χ0) is 6.20. The molecule has 0 spiro atoms. The highest BCUT2D eigenvalue weighted by Crippen LogP contribution is 2.49. The molecule has 0 nitrogen and oxygen atoms in total. The topological polar surface area (TPSA) is 0 Å². The third-order valence-corrected chi connectivity index (χ3v) is 4.09. The zero-order valence-corrected chi connectivity index (χ0v) is 7.16. The van der Waals surface area contributed by atoms with Gasteiger partial charge in [0, 0.05) is 10.5 Å². The standard InChI is InChI=1S/C6H11S2/c1-5-7-4-6(2,3)8-5/h4H2,1-3H3. The first-order valence-electron chi connectivity index (χ1n) is 2.75. The Morgan fingerprint density at radius 3 is 2.25 bits per heavy atom. The van der Waals surface area contributed by atoms with E-state index >= 15 is 0 Å². The second-order valence-electron chi connectivity index (χ2n) is 2.64. The fourth-order valence-corrected chi connectivity index (χ4v) is 3.55. The minimum atomic E-state index is 0.509. The Morgan fingerprint density at radius 1 is 1.50 bits per heavy atom. The van der Waals surface area contributed by atoms with E-state index in [9.17, 15) is 0 Å². The Hall–Kier alpha value is 0.700. The van der Waals surface area contributed by atoms with Gasteiger partial charge in [-0.1, -0.05) is 0 Å². The molecule has 47 valence electrons. The lowest BCUT2D eigenvalue weighted by atomic mass is 10.2. The third-order valence-electron chi connectivity index (χ3n) is 1.04. The summed E-state index contributed by atoms with van der Waals surface area (Å²) in [4.78, 5) is 0. The lowest BCUT2D eigenvalue weighted by Crippen LogP contribution is -2.11. The maximum Gasteiger partial charge on any atom is 0.0823 e. The van der Waals surface area contributed by atoms with Crippen molar-refractivity contribution in [3.05, 3.63) is 4.58 Å². The highest BCUT2D eigenvalue weighted by atomic mass is 32.2. The molecule has 0 bridgehead atoms. The van der Waals surface area contributed by atoms with Crippen molar-refractivity contribution >= 4 is 23.5 Å². The first-order valence-corrected chi connectivity index (χ1v) is 4.56. The number of rotatable bonds is 0. The fraction of sp³-hybridized carbons (Fsp3) is 0.833. The summed E-state index contributed by atoms with van der Waals surface area (Å²) in [6.07, 6.45) is 0. The number of hydrogen-bond acceptors (Lipinski definition) is 2. The van der Waals surface area contributed by atoms with E-state index in [0.29, 0.717) is 4.75 Å². The van der Waals surface area contributed by atoms with E-state index in [-0.39, 0.29) is 0 Å². The second-order valence-corrected chi connectivity index (χ2v) is 6.01. The molecule has 1 rings (SSSR count). The van der Waals surface area contributed by atoms with Crippen LogP contribution in [0.1, 0.15) is 20.8 Å². The first-order chi connectivity index (χ1) is 3.60. The zero-order valence-electron chi connectivity index (χ0n) is 5.52. The van der Waals surface area contributed by atoms with Crippen LogP contribution >= 0.6 is 23.5 Å². The summed E-state index contributed by atoms with van der Waals surface area (Å²) >= 11 is 3.99. The Labute approximate surface area is 59.8 Å². The largest absolute Gasteiger partial charge is 0.141 e. The monoisotopic (exact) mass is 147 g/mol. The van der Waals surface area contributed by atoms with E-state index < -0.39 is 0 Å². The predicted octanol–water partition coefficient (Wildman–Crippen LogP) is 2.75. The molecule has 1 aliphatic rings. The van der Waals surface area contributed by atoms with Gasteiger partial charge in [0.2, 0.25) is 0 Å². The van der Waals surface area contributed by atoms with Gasteiger partial charge in [-0.25, -0.2) is 0 Å². The minimum Gasteiger partial charge on any atom is -0.141 e. The normalized spacial score (nSPS) is 28.9.